The van der Waals surface area contributed by atoms with E-state index in [1.165, 1.54) is 37.9 Å². The third-order valence-electron chi connectivity index (χ3n) is 1.80. The minimum Gasteiger partial charge on any atom is -0.328 e. The van der Waals surface area contributed by atoms with E-state index in [1.54, 1.807) is 0 Å². The van der Waals surface area contributed by atoms with E-state index >= 15 is 0 Å². The van der Waals surface area contributed by atoms with Crippen molar-refractivity contribution in [3.8, 4) is 0 Å². The van der Waals surface area contributed by atoms with Gasteiger partial charge in [0.25, 0.3) is 0 Å². The van der Waals surface area contributed by atoms with Crippen molar-refractivity contribution in [1.82, 2.24) is 4.31 Å². The fraction of sp³-hybridized carbons (Fsp3) is 1.00. The van der Waals surface area contributed by atoms with Gasteiger partial charge in [-0.25, -0.2) is 0 Å². The average Bonchev–Trinajstić information content (AvgIpc) is 1.90. The molecule has 0 aromatic carbocycles. The van der Waals surface area contributed by atoms with E-state index in [-0.39, 0.29) is 0 Å². The molecule has 1 saturated heterocycles. The maximum absolute atomic E-state index is 5.72. The molecule has 1 aliphatic heterocycles. The molecule has 9 heavy (non-hydrogen) atoms. The zero-order chi connectivity index (χ0) is 6.69. The summed E-state index contributed by atoms with van der Waals surface area (Å²) in [6.07, 6.45) is 4.54. The Balaban J connectivity index is 2.18. The first-order valence-electron chi connectivity index (χ1n) is 3.43. The monoisotopic (exact) mass is 147 g/mol. The molecule has 1 heterocycles. The molecule has 0 amide bonds. The van der Waals surface area contributed by atoms with Crippen molar-refractivity contribution < 1.29 is 0 Å². The fourth-order valence-electron chi connectivity index (χ4n) is 1.09. The maximum atomic E-state index is 5.72. The van der Waals surface area contributed by atoms with Gasteiger partial charge in [-0.3, -0.25) is 0 Å². The van der Waals surface area contributed by atoms with Crippen LogP contribution >= 0.6 is 0 Å². The van der Waals surface area contributed by atoms with E-state index in [1.807, 2.05) is 0 Å². The van der Waals surface area contributed by atoms with Crippen molar-refractivity contribution in [3.63, 3.8) is 0 Å². The second-order valence-corrected chi connectivity index (χ2v) is 3.46. The molecular weight excluding hydrogens is 132 g/mol. The maximum Gasteiger partial charge on any atom is 0.115 e. The topological polar surface area (TPSA) is 29.3 Å². The summed E-state index contributed by atoms with van der Waals surface area (Å²) >= 11 is 1.40. The number of nitrogens with two attached hydrogens (primary N) is 1. The van der Waals surface area contributed by atoms with Crippen LogP contribution in [0.5, 0.6) is 0 Å². The second kappa shape index (κ2) is 3.44. The highest BCUT2D eigenvalue weighted by molar-refractivity contribution is 7.75. The first-order chi connectivity index (χ1) is 4.33. The van der Waals surface area contributed by atoms with Crippen LogP contribution in [-0.4, -0.2) is 29.7 Å². The summed E-state index contributed by atoms with van der Waals surface area (Å²) < 4.78 is 2.42. The van der Waals surface area contributed by atoms with Gasteiger partial charge in [0.05, 0.1) is 11.9 Å². The molecule has 1 aliphatic rings. The molecule has 1 fully saturated rings. The quantitative estimate of drug-likeness (QED) is 0.410. The number of piperidine rings is 1. The minimum absolute atomic E-state index is 0.475. The standard InChI is InChI=1S/C6H14N2S/c1-9-8-4-2-6(7)3-5-8/h6H,2-5,7H2,1H3/p+1. The van der Waals surface area contributed by atoms with Crippen LogP contribution in [0, 0.1) is 0 Å². The number of nitrogens with zero attached hydrogens (tertiary/aromatic N) is 1. The lowest BCUT2D eigenvalue weighted by molar-refractivity contribution is 0.345. The molecule has 2 nitrogen and oxygen atoms in total. The third-order valence-corrected chi connectivity index (χ3v) is 2.76. The van der Waals surface area contributed by atoms with Gasteiger partial charge in [-0.1, -0.05) is 0 Å². The van der Waals surface area contributed by atoms with Gasteiger partial charge in [-0.2, -0.15) is 0 Å². The smallest absolute Gasteiger partial charge is 0.115 e. The van der Waals surface area contributed by atoms with Crippen LogP contribution in [0.4, 0.5) is 0 Å². The number of rotatable bonds is 1. The highest BCUT2D eigenvalue weighted by atomic mass is 32.2. The van der Waals surface area contributed by atoms with E-state index < -0.39 is 0 Å². The van der Waals surface area contributed by atoms with E-state index in [2.05, 4.69) is 10.6 Å². The Bertz CT molecular complexity index is 79.1. The van der Waals surface area contributed by atoms with Crippen molar-refractivity contribution in [1.29, 1.82) is 0 Å². The normalized spacial score (nSPS) is 24.7. The number of hydrogen-bond donors (Lipinski definition) is 1. The molecular formula is C6H15N2S+. The summed E-state index contributed by atoms with van der Waals surface area (Å²) in [7, 11) is 0. The van der Waals surface area contributed by atoms with Crippen molar-refractivity contribution in [3.05, 3.63) is 0 Å². The lowest BCUT2D eigenvalue weighted by Crippen LogP contribution is -2.38. The Hall–Kier alpha value is 0.270. The Morgan fingerprint density at radius 3 is 2.44 bits per heavy atom. The van der Waals surface area contributed by atoms with E-state index in [0.29, 0.717) is 6.04 Å². The molecule has 0 saturated carbocycles. The van der Waals surface area contributed by atoms with Crippen molar-refractivity contribution in [2.75, 3.05) is 19.3 Å². The van der Waals surface area contributed by atoms with Gasteiger partial charge in [-0.15, -0.1) is 4.31 Å². The van der Waals surface area contributed by atoms with Crippen LogP contribution in [0.2, 0.25) is 0 Å². The van der Waals surface area contributed by atoms with Crippen LogP contribution in [0.25, 0.3) is 0 Å². The Labute approximate surface area is 60.9 Å². The summed E-state index contributed by atoms with van der Waals surface area (Å²) in [6.45, 7) is 2.39. The summed E-state index contributed by atoms with van der Waals surface area (Å²) in [4.78, 5) is 0. The summed E-state index contributed by atoms with van der Waals surface area (Å²) in [5, 5.41) is 0. The average molecular weight is 147 g/mol. The molecule has 0 spiro atoms. The zero-order valence-electron chi connectivity index (χ0n) is 5.88. The van der Waals surface area contributed by atoms with E-state index in [4.69, 9.17) is 5.73 Å². The van der Waals surface area contributed by atoms with Crippen molar-refractivity contribution >= 4 is 11.9 Å². The van der Waals surface area contributed by atoms with Gasteiger partial charge in [0, 0.05) is 19.1 Å². The van der Waals surface area contributed by atoms with Crippen LogP contribution in [-0.2, 0) is 11.9 Å². The van der Waals surface area contributed by atoms with Gasteiger partial charge in [0.2, 0.25) is 0 Å². The SMILES string of the molecule is C[SH+]N1CCC(N)CC1. The molecule has 0 bridgehead atoms. The predicted molar refractivity (Wildman–Crippen MR) is 43.5 cm³/mol. The van der Waals surface area contributed by atoms with Crippen LogP contribution in [0.15, 0.2) is 0 Å². The summed E-state index contributed by atoms with van der Waals surface area (Å²) in [5.41, 5.74) is 5.72. The number of hydrogen-bond acceptors (Lipinski definition) is 2. The highest BCUT2D eigenvalue weighted by Crippen LogP contribution is 2.07. The fourth-order valence-corrected chi connectivity index (χ4v) is 1.72. The van der Waals surface area contributed by atoms with E-state index in [9.17, 15) is 0 Å². The van der Waals surface area contributed by atoms with Gasteiger partial charge < -0.3 is 5.73 Å². The first kappa shape index (κ1) is 7.38. The Kier molecular flexibility index (Phi) is 2.82. The molecule has 0 aromatic rings. The summed E-state index contributed by atoms with van der Waals surface area (Å²) in [6, 6.07) is 0.475. The third kappa shape index (κ3) is 2.16. The lowest BCUT2D eigenvalue weighted by Gasteiger charge is -2.22. The van der Waals surface area contributed by atoms with Crippen molar-refractivity contribution in [2.45, 2.75) is 18.9 Å². The molecule has 54 valence electrons. The Morgan fingerprint density at radius 1 is 1.44 bits per heavy atom. The van der Waals surface area contributed by atoms with Gasteiger partial charge >= 0.3 is 0 Å². The molecule has 2 N–H and O–H groups in total. The lowest BCUT2D eigenvalue weighted by atomic mass is 10.1. The van der Waals surface area contributed by atoms with E-state index in [0.717, 1.165) is 0 Å². The minimum atomic E-state index is 0.475. The highest BCUT2D eigenvalue weighted by Gasteiger charge is 2.18. The largest absolute Gasteiger partial charge is 0.328 e. The molecule has 1 rings (SSSR count). The molecule has 0 aliphatic carbocycles. The molecule has 0 aromatic heterocycles. The molecule has 0 unspecified atom stereocenters. The van der Waals surface area contributed by atoms with Gasteiger partial charge in [-0.05, 0) is 12.8 Å². The predicted octanol–water partition coefficient (Wildman–Crippen LogP) is -0.231. The first-order valence-corrected chi connectivity index (χ1v) is 4.72. The molecule has 3 heteroatoms. The zero-order valence-corrected chi connectivity index (χ0v) is 6.77. The number of thiol groups is 1. The van der Waals surface area contributed by atoms with Crippen LogP contribution < -0.4 is 5.73 Å². The second-order valence-electron chi connectivity index (χ2n) is 2.49. The van der Waals surface area contributed by atoms with Crippen LogP contribution in [0.3, 0.4) is 0 Å². The molecule has 0 radical (unpaired) electrons. The summed E-state index contributed by atoms with van der Waals surface area (Å²) in [5.74, 6) is 0. The van der Waals surface area contributed by atoms with Crippen molar-refractivity contribution in [2.24, 2.45) is 5.73 Å². The van der Waals surface area contributed by atoms with Gasteiger partial charge in [0.15, 0.2) is 0 Å². The molecule has 0 atom stereocenters. The van der Waals surface area contributed by atoms with Gasteiger partial charge in [0.1, 0.15) is 6.26 Å². The van der Waals surface area contributed by atoms with Crippen LogP contribution in [0.1, 0.15) is 12.8 Å². The Morgan fingerprint density at radius 2 is 2.00 bits per heavy atom.